The molecule has 34 heavy (non-hydrogen) atoms. The second kappa shape index (κ2) is 9.42. The predicted octanol–water partition coefficient (Wildman–Crippen LogP) is 1.84. The Balaban J connectivity index is 1.48. The lowest BCUT2D eigenvalue weighted by atomic mass is 9.98. The summed E-state index contributed by atoms with van der Waals surface area (Å²) in [6.45, 7) is 0.287. The fourth-order valence-corrected chi connectivity index (χ4v) is 4.30. The van der Waals surface area contributed by atoms with Crippen LogP contribution >= 0.6 is 0 Å². The third-order valence-corrected chi connectivity index (χ3v) is 6.23. The molecule has 3 aromatic rings. The smallest absolute Gasteiger partial charge is 0.419 e. The zero-order valence-corrected chi connectivity index (χ0v) is 18.7. The van der Waals surface area contributed by atoms with Gasteiger partial charge >= 0.3 is 11.8 Å². The lowest BCUT2D eigenvalue weighted by Gasteiger charge is -2.33. The topological polar surface area (TPSA) is 148 Å². The van der Waals surface area contributed by atoms with Crippen molar-refractivity contribution >= 4 is 29.0 Å². The number of aryl methyl sites for hydroxylation is 1. The summed E-state index contributed by atoms with van der Waals surface area (Å²) in [5, 5.41) is 12.0. The number of hydrogen-bond donors (Lipinski definition) is 3. The highest BCUT2D eigenvalue weighted by Crippen LogP contribution is 2.25. The number of nitrogens with zero attached hydrogens (tertiary/aromatic N) is 2. The molecule has 1 aliphatic heterocycles. The number of amides is 3. The Morgan fingerprint density at radius 2 is 1.85 bits per heavy atom. The van der Waals surface area contributed by atoms with Gasteiger partial charge in [-0.05, 0) is 48.1 Å². The van der Waals surface area contributed by atoms with Gasteiger partial charge in [0.1, 0.15) is 12.1 Å². The van der Waals surface area contributed by atoms with Gasteiger partial charge < -0.3 is 20.6 Å². The van der Waals surface area contributed by atoms with E-state index in [1.54, 1.807) is 13.1 Å². The molecule has 0 spiro atoms. The molecule has 1 aliphatic rings. The van der Waals surface area contributed by atoms with Gasteiger partial charge in [-0.15, -0.1) is 0 Å². The zero-order chi connectivity index (χ0) is 24.4. The lowest BCUT2D eigenvalue weighted by molar-refractivity contribution is -0.131. The first-order chi connectivity index (χ1) is 16.2. The van der Waals surface area contributed by atoms with Crippen LogP contribution in [-0.4, -0.2) is 51.1 Å². The van der Waals surface area contributed by atoms with Crippen LogP contribution in [-0.2, 0) is 23.1 Å². The van der Waals surface area contributed by atoms with Gasteiger partial charge in [-0.25, -0.2) is 9.59 Å². The summed E-state index contributed by atoms with van der Waals surface area (Å²) >= 11 is 0. The molecule has 4 N–H and O–H groups in total. The standard InChI is InChI=1S/C24H26N4O6/c1-27-19-13-16(9-10-20(19)34-24(27)33)15-7-5-14(6-8-15)12-17(21(25)29)26-22(30)18-4-2-3-11-28(18)23(31)32/h5-10,13,17-18H,2-4,11-12H2,1H3,(H2,25,29)(H,26,30)(H,31,32)/t17-,18?/m0/s1. The van der Waals surface area contributed by atoms with Crippen molar-refractivity contribution in [1.82, 2.24) is 14.8 Å². The van der Waals surface area contributed by atoms with Crippen molar-refractivity contribution < 1.29 is 23.9 Å². The van der Waals surface area contributed by atoms with E-state index in [9.17, 15) is 24.3 Å². The van der Waals surface area contributed by atoms with Crippen LogP contribution in [0.5, 0.6) is 0 Å². The van der Waals surface area contributed by atoms with Crippen LogP contribution in [0.2, 0.25) is 0 Å². The van der Waals surface area contributed by atoms with E-state index in [2.05, 4.69) is 5.32 Å². The van der Waals surface area contributed by atoms with E-state index >= 15 is 0 Å². The van der Waals surface area contributed by atoms with E-state index in [4.69, 9.17) is 10.2 Å². The Bertz CT molecular complexity index is 1290. The molecule has 2 aromatic carbocycles. The molecule has 3 amide bonds. The number of fused-ring (bicyclic) bond motifs is 1. The van der Waals surface area contributed by atoms with Crippen LogP contribution in [0.3, 0.4) is 0 Å². The van der Waals surface area contributed by atoms with Crippen LogP contribution in [0.4, 0.5) is 4.79 Å². The summed E-state index contributed by atoms with van der Waals surface area (Å²) in [6.07, 6.45) is 0.871. The molecule has 10 nitrogen and oxygen atoms in total. The molecular weight excluding hydrogens is 440 g/mol. The number of oxazole rings is 1. The van der Waals surface area contributed by atoms with E-state index < -0.39 is 35.7 Å². The van der Waals surface area contributed by atoms with Crippen molar-refractivity contribution in [2.75, 3.05) is 6.54 Å². The summed E-state index contributed by atoms with van der Waals surface area (Å²) in [6, 6.07) is 11.1. The van der Waals surface area contributed by atoms with Crippen LogP contribution < -0.4 is 16.8 Å². The minimum absolute atomic E-state index is 0.177. The number of carbonyl (C=O) groups excluding carboxylic acids is 2. The van der Waals surface area contributed by atoms with Gasteiger partial charge in [0.05, 0.1) is 5.52 Å². The summed E-state index contributed by atoms with van der Waals surface area (Å²) < 4.78 is 6.60. The Hall–Kier alpha value is -4.08. The Morgan fingerprint density at radius 3 is 2.53 bits per heavy atom. The molecular formula is C24H26N4O6. The minimum Gasteiger partial charge on any atom is -0.465 e. The maximum atomic E-state index is 12.7. The molecule has 4 rings (SSSR count). The number of benzene rings is 2. The molecule has 0 bridgehead atoms. The van der Waals surface area contributed by atoms with Gasteiger partial charge in [0.15, 0.2) is 5.58 Å². The lowest BCUT2D eigenvalue weighted by Crippen LogP contribution is -2.56. The highest BCUT2D eigenvalue weighted by Gasteiger charge is 2.33. The number of likely N-dealkylation sites (tertiary alicyclic amines) is 1. The molecule has 10 heteroatoms. The minimum atomic E-state index is -1.15. The number of hydrogen-bond acceptors (Lipinski definition) is 5. The highest BCUT2D eigenvalue weighted by atomic mass is 16.4. The molecule has 0 radical (unpaired) electrons. The van der Waals surface area contributed by atoms with E-state index in [1.807, 2.05) is 36.4 Å². The van der Waals surface area contributed by atoms with Gasteiger partial charge in [0.25, 0.3) is 0 Å². The zero-order valence-electron chi connectivity index (χ0n) is 18.7. The third kappa shape index (κ3) is 4.66. The van der Waals surface area contributed by atoms with E-state index in [0.29, 0.717) is 23.9 Å². The first kappa shape index (κ1) is 23.1. The van der Waals surface area contributed by atoms with Crippen molar-refractivity contribution in [2.45, 2.75) is 37.8 Å². The number of nitrogens with one attached hydrogen (secondary N) is 1. The van der Waals surface area contributed by atoms with Gasteiger partial charge in [0.2, 0.25) is 11.8 Å². The molecule has 2 heterocycles. The molecule has 1 unspecified atom stereocenters. The maximum Gasteiger partial charge on any atom is 0.419 e. The van der Waals surface area contributed by atoms with Crippen molar-refractivity contribution in [3.05, 3.63) is 58.6 Å². The van der Waals surface area contributed by atoms with Crippen molar-refractivity contribution in [3.63, 3.8) is 0 Å². The number of rotatable bonds is 6. The number of carboxylic acid groups (broad SMARTS) is 1. The molecule has 0 aliphatic carbocycles. The Morgan fingerprint density at radius 1 is 1.15 bits per heavy atom. The van der Waals surface area contributed by atoms with E-state index in [0.717, 1.165) is 28.0 Å². The Labute approximate surface area is 194 Å². The van der Waals surface area contributed by atoms with Crippen LogP contribution in [0.25, 0.3) is 22.2 Å². The predicted molar refractivity (Wildman–Crippen MR) is 124 cm³/mol. The van der Waals surface area contributed by atoms with Crippen molar-refractivity contribution in [1.29, 1.82) is 0 Å². The van der Waals surface area contributed by atoms with Gasteiger partial charge in [-0.2, -0.15) is 0 Å². The first-order valence-corrected chi connectivity index (χ1v) is 11.0. The summed E-state index contributed by atoms with van der Waals surface area (Å²) in [7, 11) is 1.64. The van der Waals surface area contributed by atoms with Gasteiger partial charge in [-0.3, -0.25) is 19.1 Å². The second-order valence-electron chi connectivity index (χ2n) is 8.46. The number of aromatic nitrogens is 1. The molecule has 1 fully saturated rings. The maximum absolute atomic E-state index is 12.7. The normalized spacial score (nSPS) is 16.9. The van der Waals surface area contributed by atoms with Crippen LogP contribution in [0, 0.1) is 0 Å². The fraction of sp³-hybridized carbons (Fsp3) is 0.333. The fourth-order valence-electron chi connectivity index (χ4n) is 4.30. The SMILES string of the molecule is Cn1c(=O)oc2ccc(-c3ccc(C[C@H](NC(=O)C4CCCCN4C(=O)O)C(N)=O)cc3)cc21. The first-order valence-electron chi connectivity index (χ1n) is 11.0. The highest BCUT2D eigenvalue weighted by molar-refractivity contribution is 5.91. The molecule has 2 atom stereocenters. The van der Waals surface area contributed by atoms with Crippen LogP contribution in [0.15, 0.2) is 51.7 Å². The third-order valence-electron chi connectivity index (χ3n) is 6.23. The molecule has 1 saturated heterocycles. The van der Waals surface area contributed by atoms with E-state index in [-0.39, 0.29) is 13.0 Å². The number of piperidine rings is 1. The van der Waals surface area contributed by atoms with Gasteiger partial charge in [-0.1, -0.05) is 30.3 Å². The Kier molecular flexibility index (Phi) is 6.40. The number of primary amides is 1. The quantitative estimate of drug-likeness (QED) is 0.505. The van der Waals surface area contributed by atoms with E-state index in [1.165, 1.54) is 4.57 Å². The second-order valence-corrected chi connectivity index (χ2v) is 8.46. The average molecular weight is 466 g/mol. The van der Waals surface area contributed by atoms with Crippen molar-refractivity contribution in [2.24, 2.45) is 12.8 Å². The van der Waals surface area contributed by atoms with Crippen molar-refractivity contribution in [3.8, 4) is 11.1 Å². The molecule has 0 saturated carbocycles. The largest absolute Gasteiger partial charge is 0.465 e. The van der Waals surface area contributed by atoms with Gasteiger partial charge in [0, 0.05) is 20.0 Å². The molecule has 1 aromatic heterocycles. The summed E-state index contributed by atoms with van der Waals surface area (Å²) in [5.41, 5.74) is 9.29. The van der Waals surface area contributed by atoms with Crippen LogP contribution in [0.1, 0.15) is 24.8 Å². The number of carbonyl (C=O) groups is 3. The number of nitrogens with two attached hydrogens (primary N) is 1. The summed E-state index contributed by atoms with van der Waals surface area (Å²) in [5.74, 6) is -1.63. The molecule has 178 valence electrons. The average Bonchev–Trinajstić information content (AvgIpc) is 3.11. The monoisotopic (exact) mass is 466 g/mol. The summed E-state index contributed by atoms with van der Waals surface area (Å²) in [4.78, 5) is 49.0.